The minimum Gasteiger partial charge on any atom is -0.469 e. The average molecular weight is 624 g/mol. The zero-order chi connectivity index (χ0) is 31.9. The summed E-state index contributed by atoms with van der Waals surface area (Å²) >= 11 is 0. The van der Waals surface area contributed by atoms with E-state index in [1.807, 2.05) is 30.9 Å². The first-order valence-corrected chi connectivity index (χ1v) is 15.2. The number of piperazine rings is 1. The van der Waals surface area contributed by atoms with Crippen molar-refractivity contribution in [3.63, 3.8) is 0 Å². The lowest BCUT2D eigenvalue weighted by atomic mass is 9.98. The average Bonchev–Trinajstić information content (AvgIpc) is 3.32. The van der Waals surface area contributed by atoms with E-state index in [1.54, 1.807) is 12.3 Å². The number of nitrogens with one attached hydrogen (secondary N) is 2. The quantitative estimate of drug-likeness (QED) is 0.360. The molecule has 1 fully saturated rings. The van der Waals surface area contributed by atoms with Crippen LogP contribution in [0.4, 0.5) is 19.0 Å². The number of pyridine rings is 1. The molecular weight excluding hydrogens is 587 g/mol. The molecule has 2 N–H and O–H groups in total. The van der Waals surface area contributed by atoms with Crippen molar-refractivity contribution in [1.82, 2.24) is 20.1 Å². The molecule has 2 unspecified atom stereocenters. The molecule has 0 saturated carbocycles. The van der Waals surface area contributed by atoms with Gasteiger partial charge in [-0.2, -0.15) is 13.2 Å². The zero-order valence-electron chi connectivity index (χ0n) is 25.5. The van der Waals surface area contributed by atoms with E-state index in [0.29, 0.717) is 49.0 Å². The van der Waals surface area contributed by atoms with E-state index in [1.165, 1.54) is 12.1 Å². The Hall–Kier alpha value is -4.16. The Bertz CT molecular complexity index is 1620. The predicted molar refractivity (Wildman–Crippen MR) is 162 cm³/mol. The van der Waals surface area contributed by atoms with Crippen molar-refractivity contribution in [2.45, 2.75) is 58.5 Å². The lowest BCUT2D eigenvalue weighted by molar-refractivity contribution is -0.138. The number of amides is 2. The maximum absolute atomic E-state index is 14.1. The number of hydrogen-bond acceptors (Lipinski definition) is 7. The highest BCUT2D eigenvalue weighted by Crippen LogP contribution is 2.43. The van der Waals surface area contributed by atoms with Gasteiger partial charge in [-0.05, 0) is 61.3 Å². The van der Waals surface area contributed by atoms with Gasteiger partial charge in [-0.1, -0.05) is 19.9 Å². The molecule has 3 aliphatic rings. The van der Waals surface area contributed by atoms with E-state index in [0.717, 1.165) is 42.4 Å². The summed E-state index contributed by atoms with van der Waals surface area (Å²) in [6, 6.07) is 9.20. The predicted octanol–water partition coefficient (Wildman–Crippen LogP) is 5.48. The molecule has 0 spiro atoms. The number of benzene rings is 2. The Labute approximate surface area is 259 Å². The van der Waals surface area contributed by atoms with Crippen LogP contribution in [0.15, 0.2) is 42.6 Å². The van der Waals surface area contributed by atoms with E-state index in [-0.39, 0.29) is 29.5 Å². The van der Waals surface area contributed by atoms with Gasteiger partial charge in [0.2, 0.25) is 5.91 Å². The van der Waals surface area contributed by atoms with Crippen molar-refractivity contribution in [2.75, 3.05) is 38.0 Å². The van der Waals surface area contributed by atoms with E-state index in [4.69, 9.17) is 9.47 Å². The number of anilines is 1. The van der Waals surface area contributed by atoms with Crippen LogP contribution < -0.4 is 20.1 Å². The van der Waals surface area contributed by atoms with Gasteiger partial charge in [-0.15, -0.1) is 0 Å². The van der Waals surface area contributed by atoms with Gasteiger partial charge in [0.25, 0.3) is 5.91 Å². The number of fused-ring (bicyclic) bond motifs is 2. The normalized spacial score (nSPS) is 20.2. The van der Waals surface area contributed by atoms with Crippen molar-refractivity contribution in [3.05, 3.63) is 76.0 Å². The number of likely N-dealkylation sites (N-methyl/N-ethyl adjacent to an activating group) is 1. The summed E-state index contributed by atoms with van der Waals surface area (Å²) in [4.78, 5) is 33.6. The van der Waals surface area contributed by atoms with Crippen LogP contribution in [0, 0.1) is 6.92 Å². The summed E-state index contributed by atoms with van der Waals surface area (Å²) in [5, 5.41) is 5.55. The van der Waals surface area contributed by atoms with E-state index < -0.39 is 23.9 Å². The first kappa shape index (κ1) is 30.8. The Morgan fingerprint density at radius 3 is 2.60 bits per heavy atom. The summed E-state index contributed by atoms with van der Waals surface area (Å²) in [5.41, 5.74) is 1.68. The third-order valence-electron chi connectivity index (χ3n) is 8.82. The number of ether oxygens (including phenoxy) is 2. The van der Waals surface area contributed by atoms with Crippen LogP contribution in [0.25, 0.3) is 0 Å². The molecule has 3 aromatic rings. The smallest absolute Gasteiger partial charge is 0.416 e. The van der Waals surface area contributed by atoms with Crippen LogP contribution in [0.3, 0.4) is 0 Å². The number of nitrogens with zero attached hydrogens (tertiary/aromatic N) is 3. The molecule has 0 aliphatic carbocycles. The highest BCUT2D eigenvalue weighted by atomic mass is 19.4. The number of halogens is 3. The van der Waals surface area contributed by atoms with Crippen LogP contribution in [-0.4, -0.2) is 65.5 Å². The van der Waals surface area contributed by atoms with Gasteiger partial charge in [-0.25, -0.2) is 4.98 Å². The monoisotopic (exact) mass is 623 g/mol. The number of aromatic nitrogens is 1. The second-order valence-corrected chi connectivity index (χ2v) is 11.8. The molecule has 6 rings (SSSR count). The SMILES string of the molecule is CCN1CCN(Cc2ccc(C(=O)NC3Oc4c(C)cc(Oc5ccnc6c5CCC(=O)N6)cc4C3C)cc2C(F)(F)F)CC1. The summed E-state index contributed by atoms with van der Waals surface area (Å²) in [7, 11) is 0. The summed E-state index contributed by atoms with van der Waals surface area (Å²) in [5.74, 6) is 1.18. The third kappa shape index (κ3) is 6.48. The van der Waals surface area contributed by atoms with Crippen molar-refractivity contribution < 1.29 is 32.2 Å². The topological polar surface area (TPSA) is 96.0 Å². The van der Waals surface area contributed by atoms with E-state index in [2.05, 4.69) is 27.4 Å². The fourth-order valence-electron chi connectivity index (χ4n) is 6.19. The molecule has 0 bridgehead atoms. The minimum absolute atomic E-state index is 0.0797. The molecule has 45 heavy (non-hydrogen) atoms. The van der Waals surface area contributed by atoms with Crippen LogP contribution in [0.5, 0.6) is 17.2 Å². The second kappa shape index (κ2) is 12.3. The molecule has 2 atom stereocenters. The molecule has 4 heterocycles. The molecule has 238 valence electrons. The molecule has 1 saturated heterocycles. The largest absolute Gasteiger partial charge is 0.469 e. The Morgan fingerprint density at radius 2 is 1.87 bits per heavy atom. The number of carbonyl (C=O) groups is 2. The van der Waals surface area contributed by atoms with Gasteiger partial charge in [-0.3, -0.25) is 14.5 Å². The van der Waals surface area contributed by atoms with E-state index in [9.17, 15) is 22.8 Å². The van der Waals surface area contributed by atoms with Crippen molar-refractivity contribution in [2.24, 2.45) is 0 Å². The van der Waals surface area contributed by atoms with E-state index >= 15 is 0 Å². The van der Waals surface area contributed by atoms with Crippen LogP contribution >= 0.6 is 0 Å². The fourth-order valence-corrected chi connectivity index (χ4v) is 6.19. The zero-order valence-corrected chi connectivity index (χ0v) is 25.5. The second-order valence-electron chi connectivity index (χ2n) is 11.8. The highest BCUT2D eigenvalue weighted by molar-refractivity contribution is 5.95. The standard InChI is InChI=1S/C33H36F3N5O4/c1-4-40-11-13-41(14-12-40)18-22-6-5-21(16-26(22)33(34,35)36)31(43)39-32-20(3)25-17-23(15-19(2)29(25)45-32)44-27-9-10-37-30-24(27)7-8-28(42)38-30/h5-6,9-10,15-17,20,32H,4,7-8,11-14,18H2,1-3H3,(H,39,43)(H,37,38,42). The highest BCUT2D eigenvalue weighted by Gasteiger charge is 2.37. The van der Waals surface area contributed by atoms with Crippen LogP contribution in [0.2, 0.25) is 0 Å². The number of aryl methyl sites for hydroxylation is 1. The van der Waals surface area contributed by atoms with Gasteiger partial charge < -0.3 is 25.0 Å². The number of rotatable bonds is 7. The Balaban J connectivity index is 1.16. The molecule has 9 nitrogen and oxygen atoms in total. The third-order valence-corrected chi connectivity index (χ3v) is 8.82. The number of alkyl halides is 3. The molecule has 2 aromatic carbocycles. The van der Waals surface area contributed by atoms with Gasteiger partial charge in [0, 0.05) is 67.9 Å². The molecule has 0 radical (unpaired) electrons. The maximum Gasteiger partial charge on any atom is 0.416 e. The first-order valence-electron chi connectivity index (χ1n) is 15.2. The molecule has 12 heteroatoms. The number of carbonyl (C=O) groups excluding carboxylic acids is 2. The number of hydrogen-bond donors (Lipinski definition) is 2. The molecular formula is C33H36F3N5O4. The van der Waals surface area contributed by atoms with Gasteiger partial charge in [0.15, 0.2) is 6.23 Å². The van der Waals surface area contributed by atoms with Crippen molar-refractivity contribution in [3.8, 4) is 17.2 Å². The van der Waals surface area contributed by atoms with Crippen LogP contribution in [0.1, 0.15) is 64.4 Å². The maximum atomic E-state index is 14.1. The van der Waals surface area contributed by atoms with Gasteiger partial charge in [0.1, 0.15) is 23.1 Å². The lowest BCUT2D eigenvalue weighted by Crippen LogP contribution is -2.45. The Morgan fingerprint density at radius 1 is 1.11 bits per heavy atom. The van der Waals surface area contributed by atoms with Gasteiger partial charge in [0.05, 0.1) is 5.56 Å². The minimum atomic E-state index is -4.60. The Kier molecular flexibility index (Phi) is 8.45. The van der Waals surface area contributed by atoms with Gasteiger partial charge >= 0.3 is 6.18 Å². The fraction of sp³-hybridized carbons (Fsp3) is 0.424. The summed E-state index contributed by atoms with van der Waals surface area (Å²) in [6.07, 6.45) is -2.96. The van der Waals surface area contributed by atoms with Crippen molar-refractivity contribution >= 4 is 17.6 Å². The van der Waals surface area contributed by atoms with Crippen molar-refractivity contribution in [1.29, 1.82) is 0 Å². The summed E-state index contributed by atoms with van der Waals surface area (Å²) < 4.78 is 54.8. The molecule has 3 aliphatic heterocycles. The van der Waals surface area contributed by atoms with Crippen LogP contribution in [-0.2, 0) is 23.9 Å². The first-order chi connectivity index (χ1) is 21.5. The molecule has 1 aromatic heterocycles. The molecule has 2 amide bonds. The lowest BCUT2D eigenvalue weighted by Gasteiger charge is -2.34. The summed E-state index contributed by atoms with van der Waals surface area (Å²) in [6.45, 7) is 9.94.